The fourth-order valence-electron chi connectivity index (χ4n) is 2.52. The molecule has 0 saturated heterocycles. The van der Waals surface area contributed by atoms with Gasteiger partial charge in [0.15, 0.2) is 6.61 Å². The van der Waals surface area contributed by atoms with Crippen molar-refractivity contribution in [1.82, 2.24) is 20.4 Å². The Kier molecular flexibility index (Phi) is 6.31. The number of amides is 2. The average Bonchev–Trinajstić information content (AvgIpc) is 2.76. The van der Waals surface area contributed by atoms with Crippen molar-refractivity contribution in [3.8, 4) is 0 Å². The molecule has 0 fully saturated rings. The molecule has 0 atom stereocenters. The number of hydrazine groups is 1. The molecule has 29 heavy (non-hydrogen) atoms. The third-order valence-corrected chi connectivity index (χ3v) is 4.00. The SMILES string of the molecule is O=C(COC(=O)CCn1cnc2ccccc2c1=O)NNC(=O)c1ccccc1. The van der Waals surface area contributed by atoms with Gasteiger partial charge in [-0.25, -0.2) is 4.98 Å². The van der Waals surface area contributed by atoms with Crippen LogP contribution < -0.4 is 16.4 Å². The number of hydrogen-bond acceptors (Lipinski definition) is 6. The summed E-state index contributed by atoms with van der Waals surface area (Å²) in [5.74, 6) is -1.84. The quantitative estimate of drug-likeness (QED) is 0.471. The van der Waals surface area contributed by atoms with Crippen LogP contribution in [-0.4, -0.2) is 33.9 Å². The summed E-state index contributed by atoms with van der Waals surface area (Å²) in [5, 5.41) is 0.455. The van der Waals surface area contributed by atoms with E-state index in [0.29, 0.717) is 16.5 Å². The Morgan fingerprint density at radius 3 is 2.48 bits per heavy atom. The first-order valence-corrected chi connectivity index (χ1v) is 8.78. The molecule has 148 valence electrons. The van der Waals surface area contributed by atoms with Crippen molar-refractivity contribution in [3.63, 3.8) is 0 Å². The van der Waals surface area contributed by atoms with Crippen molar-refractivity contribution >= 4 is 28.7 Å². The normalized spacial score (nSPS) is 10.3. The lowest BCUT2D eigenvalue weighted by molar-refractivity contribution is -0.148. The molecule has 0 spiro atoms. The molecule has 3 aromatic rings. The summed E-state index contributed by atoms with van der Waals surface area (Å²) in [6.07, 6.45) is 1.26. The molecule has 0 radical (unpaired) electrons. The van der Waals surface area contributed by atoms with Crippen molar-refractivity contribution in [1.29, 1.82) is 0 Å². The van der Waals surface area contributed by atoms with E-state index in [1.807, 2.05) is 0 Å². The van der Waals surface area contributed by atoms with E-state index in [4.69, 9.17) is 4.74 Å². The lowest BCUT2D eigenvalue weighted by Crippen LogP contribution is -2.43. The second-order valence-corrected chi connectivity index (χ2v) is 6.04. The van der Waals surface area contributed by atoms with E-state index in [0.717, 1.165) is 0 Å². The van der Waals surface area contributed by atoms with E-state index in [2.05, 4.69) is 15.8 Å². The Morgan fingerprint density at radius 1 is 0.966 bits per heavy atom. The van der Waals surface area contributed by atoms with Gasteiger partial charge in [0.25, 0.3) is 17.4 Å². The minimum atomic E-state index is -0.688. The number of aryl methyl sites for hydroxylation is 1. The maximum Gasteiger partial charge on any atom is 0.308 e. The molecule has 0 aliphatic carbocycles. The largest absolute Gasteiger partial charge is 0.455 e. The molecule has 9 nitrogen and oxygen atoms in total. The van der Waals surface area contributed by atoms with Gasteiger partial charge in [-0.05, 0) is 24.3 Å². The Bertz CT molecular complexity index is 1090. The number of aromatic nitrogens is 2. The minimum absolute atomic E-state index is 0.0713. The molecule has 0 unspecified atom stereocenters. The summed E-state index contributed by atoms with van der Waals surface area (Å²) in [7, 11) is 0. The van der Waals surface area contributed by atoms with Crippen LogP contribution >= 0.6 is 0 Å². The van der Waals surface area contributed by atoms with Crippen LogP contribution in [0.15, 0.2) is 65.7 Å². The Morgan fingerprint density at radius 2 is 1.69 bits per heavy atom. The predicted molar refractivity (Wildman–Crippen MR) is 104 cm³/mol. The fraction of sp³-hybridized carbons (Fsp3) is 0.150. The van der Waals surface area contributed by atoms with Gasteiger partial charge < -0.3 is 4.74 Å². The van der Waals surface area contributed by atoms with Gasteiger partial charge >= 0.3 is 5.97 Å². The first kappa shape index (κ1) is 19.7. The number of carbonyl (C=O) groups is 3. The molecule has 1 heterocycles. The molecule has 0 aliphatic heterocycles. The van der Waals surface area contributed by atoms with Gasteiger partial charge in [0, 0.05) is 12.1 Å². The lowest BCUT2D eigenvalue weighted by atomic mass is 10.2. The van der Waals surface area contributed by atoms with Crippen LogP contribution in [0.4, 0.5) is 0 Å². The average molecular weight is 394 g/mol. The van der Waals surface area contributed by atoms with Gasteiger partial charge in [0.05, 0.1) is 23.7 Å². The topological polar surface area (TPSA) is 119 Å². The van der Waals surface area contributed by atoms with Gasteiger partial charge in [0.2, 0.25) is 0 Å². The number of esters is 1. The van der Waals surface area contributed by atoms with Gasteiger partial charge in [-0.1, -0.05) is 30.3 Å². The molecule has 0 aliphatic rings. The van der Waals surface area contributed by atoms with E-state index in [-0.39, 0.29) is 18.5 Å². The predicted octanol–water partition coefficient (Wildman–Crippen LogP) is 0.791. The monoisotopic (exact) mass is 394 g/mol. The van der Waals surface area contributed by atoms with Crippen LogP contribution in [0.1, 0.15) is 16.8 Å². The highest BCUT2D eigenvalue weighted by Gasteiger charge is 2.11. The van der Waals surface area contributed by atoms with Crippen LogP contribution in [0.5, 0.6) is 0 Å². The molecule has 1 aromatic heterocycles. The standard InChI is InChI=1S/C20H18N4O5/c25-17(22-23-19(27)14-6-2-1-3-7-14)12-29-18(26)10-11-24-13-21-16-9-5-4-8-15(16)20(24)28/h1-9,13H,10-12H2,(H,22,25)(H,23,27). The van der Waals surface area contributed by atoms with Crippen molar-refractivity contribution in [3.05, 3.63) is 76.8 Å². The summed E-state index contributed by atoms with van der Waals surface area (Å²) in [5.41, 5.74) is 5.07. The first-order valence-electron chi connectivity index (χ1n) is 8.78. The molecule has 2 amide bonds. The van der Waals surface area contributed by atoms with E-state index in [1.165, 1.54) is 10.9 Å². The van der Waals surface area contributed by atoms with Crippen LogP contribution in [-0.2, 0) is 20.9 Å². The number of fused-ring (bicyclic) bond motifs is 1. The van der Waals surface area contributed by atoms with Crippen LogP contribution in [0.3, 0.4) is 0 Å². The maximum absolute atomic E-state index is 12.3. The third-order valence-electron chi connectivity index (χ3n) is 4.00. The number of ether oxygens (including phenoxy) is 1. The number of para-hydroxylation sites is 1. The number of rotatable bonds is 6. The third kappa shape index (κ3) is 5.25. The molecule has 2 aromatic carbocycles. The van der Waals surface area contributed by atoms with Gasteiger partial charge in [-0.15, -0.1) is 0 Å². The highest BCUT2D eigenvalue weighted by atomic mass is 16.5. The van der Waals surface area contributed by atoms with E-state index >= 15 is 0 Å². The number of hydrogen-bond donors (Lipinski definition) is 2. The summed E-state index contributed by atoms with van der Waals surface area (Å²) in [6, 6.07) is 15.2. The molecule has 0 bridgehead atoms. The Balaban J connectivity index is 1.43. The lowest BCUT2D eigenvalue weighted by Gasteiger charge is -2.09. The molecule has 3 rings (SSSR count). The number of nitrogens with one attached hydrogen (secondary N) is 2. The zero-order valence-electron chi connectivity index (χ0n) is 15.3. The number of carbonyl (C=O) groups excluding carboxylic acids is 3. The van der Waals surface area contributed by atoms with Crippen molar-refractivity contribution in [2.24, 2.45) is 0 Å². The highest BCUT2D eigenvalue weighted by Crippen LogP contribution is 2.05. The van der Waals surface area contributed by atoms with E-state index in [1.54, 1.807) is 54.6 Å². The molecule has 0 saturated carbocycles. The van der Waals surface area contributed by atoms with Crippen LogP contribution in [0.2, 0.25) is 0 Å². The highest BCUT2D eigenvalue weighted by molar-refractivity contribution is 5.95. The van der Waals surface area contributed by atoms with Crippen LogP contribution in [0.25, 0.3) is 10.9 Å². The van der Waals surface area contributed by atoms with Gasteiger partial charge in [0.1, 0.15) is 0 Å². The van der Waals surface area contributed by atoms with Crippen LogP contribution in [0, 0.1) is 0 Å². The summed E-state index contributed by atoms with van der Waals surface area (Å²) in [6.45, 7) is -0.485. The Labute approximate surface area is 165 Å². The second kappa shape index (κ2) is 9.27. The number of benzene rings is 2. The molecule has 2 N–H and O–H groups in total. The van der Waals surface area contributed by atoms with Crippen molar-refractivity contribution < 1.29 is 19.1 Å². The number of nitrogens with zero attached hydrogens (tertiary/aromatic N) is 2. The molecular formula is C20H18N4O5. The first-order chi connectivity index (χ1) is 14.0. The minimum Gasteiger partial charge on any atom is -0.455 e. The van der Waals surface area contributed by atoms with Gasteiger partial charge in [-0.3, -0.25) is 34.6 Å². The van der Waals surface area contributed by atoms with E-state index < -0.39 is 24.4 Å². The summed E-state index contributed by atoms with van der Waals surface area (Å²) >= 11 is 0. The smallest absolute Gasteiger partial charge is 0.308 e. The van der Waals surface area contributed by atoms with E-state index in [9.17, 15) is 19.2 Å². The fourth-order valence-corrected chi connectivity index (χ4v) is 2.52. The summed E-state index contributed by atoms with van der Waals surface area (Å²) in [4.78, 5) is 51.8. The second-order valence-electron chi connectivity index (χ2n) is 6.04. The van der Waals surface area contributed by atoms with Gasteiger partial charge in [-0.2, -0.15) is 0 Å². The van der Waals surface area contributed by atoms with Crippen molar-refractivity contribution in [2.75, 3.05) is 6.61 Å². The van der Waals surface area contributed by atoms with Crippen molar-refractivity contribution in [2.45, 2.75) is 13.0 Å². The molecule has 9 heteroatoms. The molecular weight excluding hydrogens is 376 g/mol. The summed E-state index contributed by atoms with van der Waals surface area (Å²) < 4.78 is 6.16. The zero-order chi connectivity index (χ0) is 20.6. The zero-order valence-corrected chi connectivity index (χ0v) is 15.3. The Hall–Kier alpha value is -4.01. The maximum atomic E-state index is 12.3.